The molecule has 3 rings (SSSR count). The van der Waals surface area contributed by atoms with Crippen molar-refractivity contribution in [2.45, 2.75) is 43.7 Å². The van der Waals surface area contributed by atoms with Crippen molar-refractivity contribution in [3.05, 3.63) is 72.3 Å². The van der Waals surface area contributed by atoms with E-state index in [0.717, 1.165) is 16.3 Å². The average Bonchev–Trinajstić information content (AvgIpc) is 2.75. The summed E-state index contributed by atoms with van der Waals surface area (Å²) in [5.41, 5.74) is 0.860. The van der Waals surface area contributed by atoms with Crippen LogP contribution < -0.4 is 10.1 Å². The summed E-state index contributed by atoms with van der Waals surface area (Å²) < 4.78 is 29.4. The lowest BCUT2D eigenvalue weighted by Gasteiger charge is -2.23. The van der Waals surface area contributed by atoms with Crippen molar-refractivity contribution in [2.75, 3.05) is 6.26 Å². The van der Waals surface area contributed by atoms with Gasteiger partial charge in [-0.1, -0.05) is 62.4 Å². The van der Waals surface area contributed by atoms with Gasteiger partial charge in [0.1, 0.15) is 5.75 Å². The first-order chi connectivity index (χ1) is 14.3. The van der Waals surface area contributed by atoms with Gasteiger partial charge in [0.15, 0.2) is 15.9 Å². The lowest BCUT2D eigenvalue weighted by molar-refractivity contribution is -0.128. The highest BCUT2D eigenvalue weighted by Gasteiger charge is 2.23. The second-order valence-corrected chi connectivity index (χ2v) is 9.32. The maximum atomic E-state index is 13.0. The maximum Gasteiger partial charge on any atom is 0.261 e. The number of benzene rings is 3. The second-order valence-electron chi connectivity index (χ2n) is 7.30. The second kappa shape index (κ2) is 9.30. The Bertz CT molecular complexity index is 1120. The number of ether oxygens (including phenoxy) is 1. The van der Waals surface area contributed by atoms with E-state index in [1.165, 1.54) is 6.26 Å². The highest BCUT2D eigenvalue weighted by Crippen LogP contribution is 2.27. The Morgan fingerprint density at radius 1 is 0.933 bits per heavy atom. The van der Waals surface area contributed by atoms with Crippen LogP contribution in [0.3, 0.4) is 0 Å². The van der Waals surface area contributed by atoms with Crippen molar-refractivity contribution in [1.29, 1.82) is 0 Å². The fourth-order valence-corrected chi connectivity index (χ4v) is 4.04. The molecule has 1 N–H and O–H groups in total. The molecule has 0 aromatic heterocycles. The molecule has 0 saturated heterocycles. The topological polar surface area (TPSA) is 72.5 Å². The van der Waals surface area contributed by atoms with Crippen LogP contribution in [-0.2, 0) is 14.6 Å². The predicted octanol–water partition coefficient (Wildman–Crippen LogP) is 4.67. The minimum absolute atomic E-state index is 0.190. The van der Waals surface area contributed by atoms with E-state index in [4.69, 9.17) is 4.74 Å². The highest BCUT2D eigenvalue weighted by atomic mass is 32.2. The molecule has 0 aliphatic rings. The largest absolute Gasteiger partial charge is 0.480 e. The minimum atomic E-state index is -3.25. The van der Waals surface area contributed by atoms with Gasteiger partial charge in [0.25, 0.3) is 5.91 Å². The van der Waals surface area contributed by atoms with Crippen molar-refractivity contribution >= 4 is 26.5 Å². The van der Waals surface area contributed by atoms with Crippen molar-refractivity contribution in [3.63, 3.8) is 0 Å². The van der Waals surface area contributed by atoms with E-state index in [1.54, 1.807) is 24.3 Å². The molecule has 6 heteroatoms. The molecule has 3 aromatic rings. The van der Waals surface area contributed by atoms with E-state index in [2.05, 4.69) is 5.32 Å². The number of fused-ring (bicyclic) bond motifs is 1. The summed E-state index contributed by atoms with van der Waals surface area (Å²) in [6, 6.07) is 20.1. The van der Waals surface area contributed by atoms with Gasteiger partial charge >= 0.3 is 0 Å². The number of hydrogen-bond donors (Lipinski definition) is 1. The molecule has 0 aliphatic heterocycles. The van der Waals surface area contributed by atoms with E-state index in [-0.39, 0.29) is 16.8 Å². The van der Waals surface area contributed by atoms with Crippen LogP contribution >= 0.6 is 0 Å². The third-order valence-corrected chi connectivity index (χ3v) is 6.25. The van der Waals surface area contributed by atoms with Gasteiger partial charge in [-0.15, -0.1) is 0 Å². The average molecular weight is 426 g/mol. The first kappa shape index (κ1) is 21.8. The third kappa shape index (κ3) is 5.00. The van der Waals surface area contributed by atoms with Crippen LogP contribution in [0.2, 0.25) is 0 Å². The molecule has 1 amide bonds. The zero-order valence-corrected chi connectivity index (χ0v) is 18.3. The molecular weight excluding hydrogens is 398 g/mol. The molecule has 158 valence electrons. The van der Waals surface area contributed by atoms with E-state index < -0.39 is 15.9 Å². The normalized spacial score (nSPS) is 13.6. The van der Waals surface area contributed by atoms with Gasteiger partial charge in [0.05, 0.1) is 10.9 Å². The van der Waals surface area contributed by atoms with E-state index >= 15 is 0 Å². The number of hydrogen-bond acceptors (Lipinski definition) is 4. The monoisotopic (exact) mass is 425 g/mol. The first-order valence-corrected chi connectivity index (χ1v) is 12.0. The Hall–Kier alpha value is -2.86. The van der Waals surface area contributed by atoms with Gasteiger partial charge in [0, 0.05) is 11.6 Å². The first-order valence-electron chi connectivity index (χ1n) is 10.1. The van der Waals surface area contributed by atoms with Crippen molar-refractivity contribution in [2.24, 2.45) is 0 Å². The number of carbonyl (C=O) groups is 1. The molecule has 0 radical (unpaired) electrons. The molecule has 0 saturated carbocycles. The summed E-state index contributed by atoms with van der Waals surface area (Å²) in [7, 11) is -3.25. The molecule has 5 nitrogen and oxygen atoms in total. The molecule has 2 atom stereocenters. The van der Waals surface area contributed by atoms with Crippen LogP contribution in [0, 0.1) is 0 Å². The summed E-state index contributed by atoms with van der Waals surface area (Å²) in [5.74, 6) is 0.491. The Labute approximate surface area is 178 Å². The third-order valence-electron chi connectivity index (χ3n) is 5.12. The Morgan fingerprint density at radius 3 is 2.23 bits per heavy atom. The Morgan fingerprint density at radius 2 is 1.60 bits per heavy atom. The Balaban J connectivity index is 1.76. The molecule has 3 aromatic carbocycles. The van der Waals surface area contributed by atoms with Gasteiger partial charge in [-0.25, -0.2) is 8.42 Å². The smallest absolute Gasteiger partial charge is 0.261 e. The van der Waals surface area contributed by atoms with Gasteiger partial charge < -0.3 is 10.1 Å². The predicted molar refractivity (Wildman–Crippen MR) is 119 cm³/mol. The summed E-state index contributed by atoms with van der Waals surface area (Å²) in [6.45, 7) is 3.89. The molecule has 0 bridgehead atoms. The van der Waals surface area contributed by atoms with Crippen molar-refractivity contribution < 1.29 is 17.9 Å². The zero-order chi connectivity index (χ0) is 21.7. The fourth-order valence-electron chi connectivity index (χ4n) is 3.41. The molecule has 0 heterocycles. The van der Waals surface area contributed by atoms with Crippen LogP contribution in [0.4, 0.5) is 0 Å². The van der Waals surface area contributed by atoms with Crippen LogP contribution in [0.1, 0.15) is 38.3 Å². The highest BCUT2D eigenvalue weighted by molar-refractivity contribution is 7.90. The SMILES string of the molecule is CC[C@H](NC(=O)[C@@H](CC)Oc1cccc2ccccc12)c1ccc(S(C)(=O)=O)cc1. The van der Waals surface area contributed by atoms with Crippen LogP contribution in [0.15, 0.2) is 71.6 Å². The van der Waals surface area contributed by atoms with Crippen LogP contribution in [0.5, 0.6) is 5.75 Å². The van der Waals surface area contributed by atoms with Gasteiger partial charge in [-0.05, 0) is 42.0 Å². The number of carbonyl (C=O) groups excluding carboxylic acids is 1. The molecule has 30 heavy (non-hydrogen) atoms. The van der Waals surface area contributed by atoms with E-state index in [0.29, 0.717) is 18.6 Å². The molecule has 0 aliphatic carbocycles. The molecule has 0 spiro atoms. The summed E-state index contributed by atoms with van der Waals surface area (Å²) in [5, 5.41) is 5.07. The van der Waals surface area contributed by atoms with Crippen LogP contribution in [-0.4, -0.2) is 26.7 Å². The molecule has 0 fully saturated rings. The Kier molecular flexibility index (Phi) is 6.77. The lowest BCUT2D eigenvalue weighted by atomic mass is 10.0. The fraction of sp³-hybridized carbons (Fsp3) is 0.292. The van der Waals surface area contributed by atoms with Gasteiger partial charge in [-0.2, -0.15) is 0 Å². The number of amides is 1. The summed E-state index contributed by atoms with van der Waals surface area (Å²) in [6.07, 6.45) is 1.75. The number of sulfone groups is 1. The minimum Gasteiger partial charge on any atom is -0.480 e. The zero-order valence-electron chi connectivity index (χ0n) is 17.5. The van der Waals surface area contributed by atoms with E-state index in [1.807, 2.05) is 56.3 Å². The number of rotatable bonds is 8. The van der Waals surface area contributed by atoms with Gasteiger partial charge in [0.2, 0.25) is 0 Å². The number of nitrogens with one attached hydrogen (secondary N) is 1. The standard InChI is InChI=1S/C24H27NO4S/c1-4-21(18-13-15-19(16-14-18)30(3,27)28)25-24(26)22(5-2)29-23-12-8-10-17-9-6-7-11-20(17)23/h6-16,21-22H,4-5H2,1-3H3,(H,25,26)/t21-,22+/m0/s1. The lowest BCUT2D eigenvalue weighted by Crippen LogP contribution is -2.40. The summed E-state index contributed by atoms with van der Waals surface area (Å²) in [4.78, 5) is 13.2. The maximum absolute atomic E-state index is 13.0. The van der Waals surface area contributed by atoms with Crippen molar-refractivity contribution in [1.82, 2.24) is 5.32 Å². The quantitative estimate of drug-likeness (QED) is 0.569. The van der Waals surface area contributed by atoms with Gasteiger partial charge in [-0.3, -0.25) is 4.79 Å². The molecular formula is C24H27NO4S. The van der Waals surface area contributed by atoms with Crippen LogP contribution in [0.25, 0.3) is 10.8 Å². The van der Waals surface area contributed by atoms with E-state index in [9.17, 15) is 13.2 Å². The summed E-state index contributed by atoms with van der Waals surface area (Å²) >= 11 is 0. The molecule has 0 unspecified atom stereocenters. The van der Waals surface area contributed by atoms with Crippen molar-refractivity contribution in [3.8, 4) is 5.75 Å².